The summed E-state index contributed by atoms with van der Waals surface area (Å²) in [4.78, 5) is 15.4. The summed E-state index contributed by atoms with van der Waals surface area (Å²) < 4.78 is 27.5. The molecule has 144 valence electrons. The van der Waals surface area contributed by atoms with Crippen molar-refractivity contribution >= 4 is 5.91 Å². The SMILES string of the molecule is C=C/C(=C\C1=C(C)CCN(C(=O)C23CCCC2C[C@@H](C)C3)C1)C(C)(F)F. The number of halogens is 2. The highest BCUT2D eigenvalue weighted by atomic mass is 19.3. The third-order valence-electron chi connectivity index (χ3n) is 6.79. The van der Waals surface area contributed by atoms with Crippen molar-refractivity contribution in [2.45, 2.75) is 65.2 Å². The van der Waals surface area contributed by atoms with Crippen LogP contribution in [0.4, 0.5) is 8.78 Å². The van der Waals surface area contributed by atoms with E-state index in [2.05, 4.69) is 13.5 Å². The van der Waals surface area contributed by atoms with E-state index in [-0.39, 0.29) is 16.9 Å². The molecular weight excluding hydrogens is 332 g/mol. The maximum Gasteiger partial charge on any atom is 0.270 e. The second-order valence-corrected chi connectivity index (χ2v) is 8.76. The van der Waals surface area contributed by atoms with Crippen LogP contribution in [0.2, 0.25) is 0 Å². The zero-order chi connectivity index (χ0) is 19.1. The Morgan fingerprint density at radius 1 is 1.42 bits per heavy atom. The average Bonchev–Trinajstić information content (AvgIpc) is 3.08. The molecule has 0 aromatic carbocycles. The summed E-state index contributed by atoms with van der Waals surface area (Å²) in [6.45, 7) is 9.81. The van der Waals surface area contributed by atoms with E-state index in [9.17, 15) is 13.6 Å². The monoisotopic (exact) mass is 363 g/mol. The number of rotatable bonds is 4. The van der Waals surface area contributed by atoms with E-state index >= 15 is 0 Å². The first-order chi connectivity index (χ1) is 12.2. The molecule has 3 aliphatic rings. The summed E-state index contributed by atoms with van der Waals surface area (Å²) in [5.41, 5.74) is 1.68. The summed E-state index contributed by atoms with van der Waals surface area (Å²) in [5, 5.41) is 0. The van der Waals surface area contributed by atoms with Crippen molar-refractivity contribution in [3.63, 3.8) is 0 Å². The molecule has 0 spiro atoms. The molecule has 0 saturated heterocycles. The van der Waals surface area contributed by atoms with Crippen LogP contribution in [-0.4, -0.2) is 29.8 Å². The van der Waals surface area contributed by atoms with Crippen molar-refractivity contribution in [2.75, 3.05) is 13.1 Å². The Bertz CT molecular complexity index is 658. The van der Waals surface area contributed by atoms with Crippen LogP contribution in [-0.2, 0) is 4.79 Å². The fraction of sp³-hybridized carbons (Fsp3) is 0.682. The lowest BCUT2D eigenvalue weighted by molar-refractivity contribution is -0.143. The minimum absolute atomic E-state index is 0.0763. The van der Waals surface area contributed by atoms with Gasteiger partial charge in [-0.2, -0.15) is 0 Å². The van der Waals surface area contributed by atoms with Crippen LogP contribution >= 0.6 is 0 Å². The normalized spacial score (nSPS) is 32.8. The second-order valence-electron chi connectivity index (χ2n) is 8.76. The van der Waals surface area contributed by atoms with E-state index in [0.29, 0.717) is 24.9 Å². The fourth-order valence-corrected chi connectivity index (χ4v) is 5.41. The highest BCUT2D eigenvalue weighted by Gasteiger charge is 2.55. The van der Waals surface area contributed by atoms with Crippen LogP contribution in [0.5, 0.6) is 0 Å². The van der Waals surface area contributed by atoms with E-state index in [1.54, 1.807) is 6.08 Å². The van der Waals surface area contributed by atoms with E-state index in [1.165, 1.54) is 6.08 Å². The van der Waals surface area contributed by atoms with Gasteiger partial charge in [-0.25, -0.2) is 8.78 Å². The third-order valence-corrected chi connectivity index (χ3v) is 6.79. The average molecular weight is 363 g/mol. The van der Waals surface area contributed by atoms with Gasteiger partial charge >= 0.3 is 0 Å². The number of fused-ring (bicyclic) bond motifs is 1. The first-order valence-electron chi connectivity index (χ1n) is 9.88. The van der Waals surface area contributed by atoms with Crippen LogP contribution in [0, 0.1) is 17.3 Å². The molecule has 3 rings (SSSR count). The standard InChI is InChI=1S/C22H31F2NO/c1-5-18(21(4,23)24)12-17-14-25(10-8-16(17)3)20(26)22-9-6-7-19(22)11-15(2)13-22/h5,12,15,19H,1,6-11,13-14H2,2-4H3/b18-12+/t15-,19?,22?/m1/s1. The van der Waals surface area contributed by atoms with Crippen molar-refractivity contribution in [2.24, 2.45) is 17.3 Å². The summed E-state index contributed by atoms with van der Waals surface area (Å²) in [5.74, 6) is -1.53. The Hall–Kier alpha value is -1.45. The van der Waals surface area contributed by atoms with E-state index < -0.39 is 5.92 Å². The molecule has 0 bridgehead atoms. The Kier molecular flexibility index (Phi) is 5.15. The van der Waals surface area contributed by atoms with Crippen molar-refractivity contribution in [1.82, 2.24) is 4.90 Å². The maximum absolute atomic E-state index is 13.7. The number of hydrogen-bond acceptors (Lipinski definition) is 1. The largest absolute Gasteiger partial charge is 0.338 e. The van der Waals surface area contributed by atoms with Gasteiger partial charge in [0.2, 0.25) is 5.91 Å². The van der Waals surface area contributed by atoms with Crippen LogP contribution < -0.4 is 0 Å². The van der Waals surface area contributed by atoms with Gasteiger partial charge in [0.1, 0.15) is 0 Å². The topological polar surface area (TPSA) is 20.3 Å². The van der Waals surface area contributed by atoms with Crippen molar-refractivity contribution in [3.8, 4) is 0 Å². The lowest BCUT2D eigenvalue weighted by Gasteiger charge is -2.38. The van der Waals surface area contributed by atoms with Gasteiger partial charge in [-0.15, -0.1) is 0 Å². The zero-order valence-electron chi connectivity index (χ0n) is 16.3. The highest BCUT2D eigenvalue weighted by molar-refractivity contribution is 5.84. The quantitative estimate of drug-likeness (QED) is 0.602. The van der Waals surface area contributed by atoms with Crippen LogP contribution in [0.15, 0.2) is 35.5 Å². The summed E-state index contributed by atoms with van der Waals surface area (Å²) >= 11 is 0. The predicted octanol–water partition coefficient (Wildman–Crippen LogP) is 5.52. The minimum Gasteiger partial charge on any atom is -0.338 e. The number of amides is 1. The molecule has 3 atom stereocenters. The van der Waals surface area contributed by atoms with E-state index in [0.717, 1.165) is 56.6 Å². The number of nitrogens with zero attached hydrogens (tertiary/aromatic N) is 1. The van der Waals surface area contributed by atoms with Gasteiger partial charge in [0.05, 0.1) is 5.41 Å². The second kappa shape index (κ2) is 6.94. The van der Waals surface area contributed by atoms with Crippen LogP contribution in [0.3, 0.4) is 0 Å². The van der Waals surface area contributed by atoms with Crippen molar-refractivity contribution in [1.29, 1.82) is 0 Å². The lowest BCUT2D eigenvalue weighted by Crippen LogP contribution is -2.46. The van der Waals surface area contributed by atoms with Gasteiger partial charge in [0, 0.05) is 25.6 Å². The van der Waals surface area contributed by atoms with Crippen LogP contribution in [0.1, 0.15) is 59.3 Å². The van der Waals surface area contributed by atoms with Gasteiger partial charge in [-0.3, -0.25) is 4.79 Å². The van der Waals surface area contributed by atoms with Gasteiger partial charge < -0.3 is 4.90 Å². The van der Waals surface area contributed by atoms with Crippen LogP contribution in [0.25, 0.3) is 0 Å². The Labute approximate surface area is 156 Å². The molecule has 2 fully saturated rings. The van der Waals surface area contributed by atoms with E-state index in [4.69, 9.17) is 0 Å². The predicted molar refractivity (Wildman–Crippen MR) is 101 cm³/mol. The summed E-state index contributed by atoms with van der Waals surface area (Å²) in [7, 11) is 0. The number of alkyl halides is 2. The number of allylic oxidation sites excluding steroid dienone is 2. The fourth-order valence-electron chi connectivity index (χ4n) is 5.41. The van der Waals surface area contributed by atoms with E-state index in [1.807, 2.05) is 11.8 Å². The van der Waals surface area contributed by atoms with Gasteiger partial charge in [-0.05, 0) is 62.5 Å². The smallest absolute Gasteiger partial charge is 0.270 e. The first kappa shape index (κ1) is 19.3. The van der Waals surface area contributed by atoms with Gasteiger partial charge in [-0.1, -0.05) is 31.6 Å². The first-order valence-corrected chi connectivity index (χ1v) is 9.88. The lowest BCUT2D eigenvalue weighted by atomic mass is 9.78. The molecule has 1 amide bonds. The Morgan fingerprint density at radius 2 is 2.15 bits per heavy atom. The van der Waals surface area contributed by atoms with Crippen molar-refractivity contribution in [3.05, 3.63) is 35.5 Å². The molecule has 0 aromatic heterocycles. The Morgan fingerprint density at radius 3 is 2.81 bits per heavy atom. The zero-order valence-corrected chi connectivity index (χ0v) is 16.3. The van der Waals surface area contributed by atoms with Gasteiger partial charge in [0.15, 0.2) is 0 Å². The van der Waals surface area contributed by atoms with Crippen molar-refractivity contribution < 1.29 is 13.6 Å². The number of hydrogen-bond donors (Lipinski definition) is 0. The molecule has 4 heteroatoms. The highest BCUT2D eigenvalue weighted by Crippen LogP contribution is 2.57. The minimum atomic E-state index is -2.92. The maximum atomic E-state index is 13.7. The third kappa shape index (κ3) is 3.39. The molecule has 2 unspecified atom stereocenters. The molecule has 0 N–H and O–H groups in total. The molecule has 1 aliphatic heterocycles. The Balaban J connectivity index is 1.83. The molecule has 26 heavy (non-hydrogen) atoms. The van der Waals surface area contributed by atoms with Gasteiger partial charge in [0.25, 0.3) is 5.92 Å². The molecular formula is C22H31F2NO. The molecule has 1 heterocycles. The molecule has 0 aromatic rings. The summed E-state index contributed by atoms with van der Waals surface area (Å²) in [6.07, 6.45) is 8.98. The number of carbonyl (C=O) groups is 1. The molecule has 2 saturated carbocycles. The summed E-state index contributed by atoms with van der Waals surface area (Å²) in [6, 6.07) is 0. The number of carbonyl (C=O) groups excluding carboxylic acids is 1. The molecule has 0 radical (unpaired) electrons. The molecule has 2 nitrogen and oxygen atoms in total. The molecule has 2 aliphatic carbocycles.